The van der Waals surface area contributed by atoms with Gasteiger partial charge in [-0.2, -0.15) is 10.4 Å². The molecule has 1 amide bonds. The Labute approximate surface area is 176 Å². The van der Waals surface area contributed by atoms with Crippen molar-refractivity contribution in [3.8, 4) is 6.07 Å². The Morgan fingerprint density at radius 3 is 2.40 bits per heavy atom. The number of hydrogen-bond acceptors (Lipinski definition) is 4. The van der Waals surface area contributed by atoms with E-state index in [-0.39, 0.29) is 17.5 Å². The summed E-state index contributed by atoms with van der Waals surface area (Å²) >= 11 is 0. The van der Waals surface area contributed by atoms with E-state index in [1.807, 2.05) is 32.0 Å². The molecule has 6 heteroatoms. The highest BCUT2D eigenvalue weighted by Gasteiger charge is 2.25. The number of aromatic nitrogens is 2. The van der Waals surface area contributed by atoms with Crippen LogP contribution in [-0.4, -0.2) is 27.1 Å². The average molecular weight is 402 g/mol. The molecular weight excluding hydrogens is 376 g/mol. The van der Waals surface area contributed by atoms with Crippen LogP contribution >= 0.6 is 0 Å². The van der Waals surface area contributed by atoms with Crippen molar-refractivity contribution in [2.24, 2.45) is 0 Å². The van der Waals surface area contributed by atoms with Crippen LogP contribution in [0.25, 0.3) is 10.8 Å². The number of rotatable bonds is 7. The van der Waals surface area contributed by atoms with E-state index in [9.17, 15) is 9.59 Å². The predicted molar refractivity (Wildman–Crippen MR) is 117 cm³/mol. The molecule has 0 fully saturated rings. The summed E-state index contributed by atoms with van der Waals surface area (Å²) < 4.78 is 1.42. The number of carbonyl (C=O) groups is 1. The largest absolute Gasteiger partial charge is 0.331 e. The van der Waals surface area contributed by atoms with Crippen LogP contribution in [-0.2, 0) is 6.54 Å². The maximum Gasteiger partial charge on any atom is 0.275 e. The van der Waals surface area contributed by atoms with Crippen LogP contribution in [0, 0.1) is 11.3 Å². The quantitative estimate of drug-likeness (QED) is 0.590. The Bertz CT molecular complexity index is 1140. The number of nitrogens with zero attached hydrogens (tertiary/aromatic N) is 4. The van der Waals surface area contributed by atoms with Crippen LogP contribution in [0.3, 0.4) is 0 Å². The fraction of sp³-hybridized carbons (Fsp3) is 0.333. The van der Waals surface area contributed by atoms with E-state index in [1.165, 1.54) is 4.68 Å². The molecule has 3 aromatic rings. The van der Waals surface area contributed by atoms with E-state index >= 15 is 0 Å². The molecule has 2 aromatic carbocycles. The molecule has 1 aromatic heterocycles. The molecule has 1 heterocycles. The van der Waals surface area contributed by atoms with Gasteiger partial charge in [-0.05, 0) is 44.0 Å². The number of carbonyl (C=O) groups excluding carboxylic acids is 1. The van der Waals surface area contributed by atoms with Crippen molar-refractivity contribution >= 4 is 16.7 Å². The van der Waals surface area contributed by atoms with Crippen molar-refractivity contribution < 1.29 is 4.79 Å². The number of aryl methyl sites for hydroxylation is 1. The molecule has 0 aliphatic heterocycles. The maximum absolute atomic E-state index is 13.6. The van der Waals surface area contributed by atoms with Crippen molar-refractivity contribution in [1.82, 2.24) is 14.7 Å². The lowest BCUT2D eigenvalue weighted by Crippen LogP contribution is -2.36. The van der Waals surface area contributed by atoms with Crippen molar-refractivity contribution in [2.45, 2.75) is 46.2 Å². The first-order valence-electron chi connectivity index (χ1n) is 10.3. The summed E-state index contributed by atoms with van der Waals surface area (Å²) in [6.45, 7) is 6.91. The zero-order chi connectivity index (χ0) is 21.7. The van der Waals surface area contributed by atoms with Crippen LogP contribution < -0.4 is 5.56 Å². The molecule has 6 nitrogen and oxygen atoms in total. The van der Waals surface area contributed by atoms with E-state index in [4.69, 9.17) is 5.26 Å². The lowest BCUT2D eigenvalue weighted by molar-refractivity contribution is 0.0695. The molecule has 30 heavy (non-hydrogen) atoms. The molecule has 0 aliphatic carbocycles. The predicted octanol–water partition coefficient (Wildman–Crippen LogP) is 4.29. The lowest BCUT2D eigenvalue weighted by atomic mass is 10.0. The van der Waals surface area contributed by atoms with Gasteiger partial charge in [0.2, 0.25) is 0 Å². The summed E-state index contributed by atoms with van der Waals surface area (Å²) in [5.74, 6) is -0.212. The monoisotopic (exact) mass is 402 g/mol. The Balaban J connectivity index is 2.05. The Kier molecular flexibility index (Phi) is 6.63. The van der Waals surface area contributed by atoms with Gasteiger partial charge in [-0.3, -0.25) is 9.59 Å². The molecule has 1 atom stereocenters. The summed E-state index contributed by atoms with van der Waals surface area (Å²) in [6.07, 6.45) is 1.75. The Morgan fingerprint density at radius 1 is 1.13 bits per heavy atom. The highest BCUT2D eigenvalue weighted by molar-refractivity contribution is 6.04. The van der Waals surface area contributed by atoms with Gasteiger partial charge in [0.1, 0.15) is 0 Å². The van der Waals surface area contributed by atoms with Gasteiger partial charge in [-0.1, -0.05) is 43.7 Å². The number of fused-ring (bicyclic) bond motifs is 1. The second-order valence-corrected chi connectivity index (χ2v) is 7.28. The van der Waals surface area contributed by atoms with E-state index < -0.39 is 0 Å². The first-order valence-corrected chi connectivity index (χ1v) is 10.3. The number of nitriles is 1. The second kappa shape index (κ2) is 9.36. The van der Waals surface area contributed by atoms with Gasteiger partial charge in [0.15, 0.2) is 5.69 Å². The molecule has 0 radical (unpaired) electrons. The summed E-state index contributed by atoms with van der Waals surface area (Å²) in [4.78, 5) is 28.1. The maximum atomic E-state index is 13.6. The zero-order valence-electron chi connectivity index (χ0n) is 17.6. The molecule has 0 saturated carbocycles. The molecule has 0 saturated heterocycles. The van der Waals surface area contributed by atoms with Gasteiger partial charge in [0, 0.05) is 18.5 Å². The van der Waals surface area contributed by atoms with Crippen molar-refractivity contribution in [1.29, 1.82) is 5.26 Å². The molecular formula is C24H26N4O2. The first-order chi connectivity index (χ1) is 14.5. The van der Waals surface area contributed by atoms with E-state index in [0.29, 0.717) is 35.1 Å². The third kappa shape index (κ3) is 4.11. The standard InChI is InChI=1S/C24H26N4O2/c1-4-6-15-28-23(29)21-10-8-7-9-20(21)22(26-28)24(30)27(5-2)17(3)19-13-11-18(16-25)12-14-19/h7-14,17H,4-6,15H2,1-3H3. The molecule has 3 rings (SSSR count). The third-order valence-electron chi connectivity index (χ3n) is 5.39. The van der Waals surface area contributed by atoms with Gasteiger partial charge in [-0.15, -0.1) is 0 Å². The minimum Gasteiger partial charge on any atom is -0.331 e. The van der Waals surface area contributed by atoms with Gasteiger partial charge >= 0.3 is 0 Å². The highest BCUT2D eigenvalue weighted by atomic mass is 16.2. The van der Waals surface area contributed by atoms with Gasteiger partial charge in [0.25, 0.3) is 11.5 Å². The topological polar surface area (TPSA) is 79.0 Å². The summed E-state index contributed by atoms with van der Waals surface area (Å²) in [5, 5.41) is 14.6. The third-order valence-corrected chi connectivity index (χ3v) is 5.39. The number of benzene rings is 2. The van der Waals surface area contributed by atoms with Gasteiger partial charge in [0.05, 0.1) is 23.1 Å². The second-order valence-electron chi connectivity index (χ2n) is 7.28. The summed E-state index contributed by atoms with van der Waals surface area (Å²) in [6, 6.07) is 16.3. The SMILES string of the molecule is CCCCn1nc(C(=O)N(CC)C(C)c2ccc(C#N)cc2)c2ccccc2c1=O. The number of amides is 1. The molecule has 0 bridgehead atoms. The van der Waals surface area contributed by atoms with Crippen molar-refractivity contribution in [3.63, 3.8) is 0 Å². The van der Waals surface area contributed by atoms with Gasteiger partial charge in [-0.25, -0.2) is 4.68 Å². The Morgan fingerprint density at radius 2 is 1.80 bits per heavy atom. The van der Waals surface area contributed by atoms with Crippen LogP contribution in [0.5, 0.6) is 0 Å². The molecule has 0 aliphatic rings. The summed E-state index contributed by atoms with van der Waals surface area (Å²) in [7, 11) is 0. The normalized spacial score (nSPS) is 11.8. The van der Waals surface area contributed by atoms with E-state index in [1.54, 1.807) is 35.2 Å². The molecule has 0 N–H and O–H groups in total. The zero-order valence-corrected chi connectivity index (χ0v) is 17.6. The Hall–Kier alpha value is -3.46. The fourth-order valence-electron chi connectivity index (χ4n) is 3.60. The van der Waals surface area contributed by atoms with Crippen LogP contribution in [0.2, 0.25) is 0 Å². The minimum absolute atomic E-state index is 0.168. The van der Waals surface area contributed by atoms with E-state index in [0.717, 1.165) is 18.4 Å². The fourth-order valence-corrected chi connectivity index (χ4v) is 3.60. The van der Waals surface area contributed by atoms with Crippen LogP contribution in [0.4, 0.5) is 0 Å². The average Bonchev–Trinajstić information content (AvgIpc) is 2.79. The lowest BCUT2D eigenvalue weighted by Gasteiger charge is -2.28. The highest BCUT2D eigenvalue weighted by Crippen LogP contribution is 2.24. The van der Waals surface area contributed by atoms with Crippen LogP contribution in [0.15, 0.2) is 53.3 Å². The van der Waals surface area contributed by atoms with Crippen molar-refractivity contribution in [3.05, 3.63) is 75.7 Å². The van der Waals surface area contributed by atoms with Crippen molar-refractivity contribution in [2.75, 3.05) is 6.54 Å². The smallest absolute Gasteiger partial charge is 0.275 e. The van der Waals surface area contributed by atoms with Crippen LogP contribution in [0.1, 0.15) is 61.3 Å². The molecule has 154 valence electrons. The van der Waals surface area contributed by atoms with Gasteiger partial charge < -0.3 is 4.90 Å². The first kappa shape index (κ1) is 21.3. The number of hydrogen-bond donors (Lipinski definition) is 0. The minimum atomic E-state index is -0.212. The molecule has 0 spiro atoms. The summed E-state index contributed by atoms with van der Waals surface area (Å²) in [5.41, 5.74) is 1.64. The molecule has 1 unspecified atom stereocenters. The van der Waals surface area contributed by atoms with E-state index in [2.05, 4.69) is 18.1 Å². The number of unbranched alkanes of at least 4 members (excludes halogenated alkanes) is 1.